The third-order valence-electron chi connectivity index (χ3n) is 3.19. The molecule has 0 N–H and O–H groups in total. The normalized spacial score (nSPS) is 16.7. The van der Waals surface area contributed by atoms with Crippen LogP contribution in [0.15, 0.2) is 63.1 Å². The van der Waals surface area contributed by atoms with E-state index in [2.05, 4.69) is 26.0 Å². The van der Waals surface area contributed by atoms with Crippen molar-refractivity contribution in [2.45, 2.75) is 6.92 Å². The number of benzene rings is 2. The number of nitrogens with zero attached hydrogens (tertiary/aromatic N) is 3. The summed E-state index contributed by atoms with van der Waals surface area (Å²) in [6.45, 7) is 2.03. The van der Waals surface area contributed by atoms with Gasteiger partial charge in [-0.2, -0.15) is 10.1 Å². The summed E-state index contributed by atoms with van der Waals surface area (Å²) in [4.78, 5) is 16.5. The van der Waals surface area contributed by atoms with Gasteiger partial charge in [0.1, 0.15) is 0 Å². The Balaban J connectivity index is 1.82. The van der Waals surface area contributed by atoms with Gasteiger partial charge in [-0.05, 0) is 36.8 Å². The largest absolute Gasteiger partial charge is 0.271 e. The number of halogens is 1. The molecule has 1 fully saturated rings. The topological polar surface area (TPSA) is 45.0 Å². The average Bonchev–Trinajstić information content (AvgIpc) is 2.89. The second-order valence-electron chi connectivity index (χ2n) is 5.02. The number of amides is 1. The molecule has 1 saturated heterocycles. The van der Waals surface area contributed by atoms with Gasteiger partial charge in [0.05, 0.1) is 17.7 Å². The van der Waals surface area contributed by atoms with Crippen molar-refractivity contribution in [3.63, 3.8) is 0 Å². The third kappa shape index (κ3) is 4.09. The number of rotatable bonds is 3. The highest BCUT2D eigenvalue weighted by molar-refractivity contribution is 9.10. The first-order valence-corrected chi connectivity index (χ1v) is 8.80. The first kappa shape index (κ1) is 16.0. The number of hydrazone groups is 1. The van der Waals surface area contributed by atoms with Gasteiger partial charge in [0.15, 0.2) is 5.17 Å². The van der Waals surface area contributed by atoms with Crippen LogP contribution >= 0.6 is 27.7 Å². The standard InChI is InChI=1S/C17H14BrN3OS/c1-12-2-8-15(9-3-12)20-17-21(16(22)11-23-17)19-10-13-4-6-14(18)7-5-13/h2-10H,11H2,1H3/b19-10-,20-17?. The van der Waals surface area contributed by atoms with E-state index in [0.717, 1.165) is 15.7 Å². The SMILES string of the molecule is Cc1ccc(N=C2SCC(=O)N2/N=C\c2ccc(Br)cc2)cc1. The van der Waals surface area contributed by atoms with Crippen LogP contribution < -0.4 is 0 Å². The van der Waals surface area contributed by atoms with E-state index in [9.17, 15) is 4.79 Å². The highest BCUT2D eigenvalue weighted by atomic mass is 79.9. The molecule has 1 aliphatic heterocycles. The molecule has 2 aromatic carbocycles. The molecule has 0 bridgehead atoms. The zero-order chi connectivity index (χ0) is 16.2. The van der Waals surface area contributed by atoms with E-state index < -0.39 is 0 Å². The van der Waals surface area contributed by atoms with E-state index in [1.807, 2.05) is 55.5 Å². The van der Waals surface area contributed by atoms with Crippen molar-refractivity contribution >= 4 is 50.7 Å². The van der Waals surface area contributed by atoms with Crippen LogP contribution in [0.1, 0.15) is 11.1 Å². The van der Waals surface area contributed by atoms with Gasteiger partial charge < -0.3 is 0 Å². The maximum absolute atomic E-state index is 12.0. The summed E-state index contributed by atoms with van der Waals surface area (Å²) < 4.78 is 1.00. The van der Waals surface area contributed by atoms with Crippen molar-refractivity contribution in [1.82, 2.24) is 5.01 Å². The molecule has 1 aliphatic rings. The highest BCUT2D eigenvalue weighted by Gasteiger charge is 2.27. The highest BCUT2D eigenvalue weighted by Crippen LogP contribution is 2.24. The van der Waals surface area contributed by atoms with Gasteiger partial charge in [-0.3, -0.25) is 4.79 Å². The molecule has 3 rings (SSSR count). The van der Waals surface area contributed by atoms with Gasteiger partial charge >= 0.3 is 0 Å². The smallest absolute Gasteiger partial charge is 0.259 e. The summed E-state index contributed by atoms with van der Waals surface area (Å²) >= 11 is 4.79. The van der Waals surface area contributed by atoms with E-state index in [4.69, 9.17) is 0 Å². The Morgan fingerprint density at radius 1 is 1.13 bits per heavy atom. The number of carbonyl (C=O) groups is 1. The van der Waals surface area contributed by atoms with Crippen LogP contribution in [0.25, 0.3) is 0 Å². The average molecular weight is 388 g/mol. The fourth-order valence-corrected chi connectivity index (χ4v) is 3.03. The van der Waals surface area contributed by atoms with Crippen molar-refractivity contribution < 1.29 is 4.79 Å². The molecule has 4 nitrogen and oxygen atoms in total. The molecule has 0 unspecified atom stereocenters. The van der Waals surface area contributed by atoms with Crippen molar-refractivity contribution in [3.8, 4) is 0 Å². The summed E-state index contributed by atoms with van der Waals surface area (Å²) in [7, 11) is 0. The first-order valence-electron chi connectivity index (χ1n) is 7.02. The molecule has 23 heavy (non-hydrogen) atoms. The predicted octanol–water partition coefficient (Wildman–Crippen LogP) is 4.35. The van der Waals surface area contributed by atoms with Crippen molar-refractivity contribution in [3.05, 3.63) is 64.1 Å². The first-order chi connectivity index (χ1) is 11.1. The summed E-state index contributed by atoms with van der Waals surface area (Å²) in [6, 6.07) is 15.6. The lowest BCUT2D eigenvalue weighted by Crippen LogP contribution is -2.23. The van der Waals surface area contributed by atoms with Crippen molar-refractivity contribution in [1.29, 1.82) is 0 Å². The van der Waals surface area contributed by atoms with E-state index >= 15 is 0 Å². The zero-order valence-corrected chi connectivity index (χ0v) is 14.8. The molecule has 0 aliphatic carbocycles. The second kappa shape index (κ2) is 7.10. The van der Waals surface area contributed by atoms with Crippen LogP contribution in [0.4, 0.5) is 5.69 Å². The van der Waals surface area contributed by atoms with Crippen molar-refractivity contribution in [2.75, 3.05) is 5.75 Å². The monoisotopic (exact) mass is 387 g/mol. The molecule has 6 heteroatoms. The van der Waals surface area contributed by atoms with E-state index in [-0.39, 0.29) is 5.91 Å². The molecular weight excluding hydrogens is 374 g/mol. The molecule has 116 valence electrons. The fraction of sp³-hybridized carbons (Fsp3) is 0.118. The van der Waals surface area contributed by atoms with Gasteiger partial charge in [0, 0.05) is 4.47 Å². The maximum atomic E-state index is 12.0. The van der Waals surface area contributed by atoms with Gasteiger partial charge in [0.25, 0.3) is 5.91 Å². The number of thioether (sulfide) groups is 1. The second-order valence-corrected chi connectivity index (χ2v) is 6.88. The molecule has 1 heterocycles. The van der Waals surface area contributed by atoms with E-state index in [1.165, 1.54) is 22.3 Å². The van der Waals surface area contributed by atoms with Crippen LogP contribution in [-0.2, 0) is 4.79 Å². The number of hydrogen-bond donors (Lipinski definition) is 0. The molecule has 0 spiro atoms. The Bertz CT molecular complexity index is 769. The van der Waals surface area contributed by atoms with Crippen LogP contribution in [0.2, 0.25) is 0 Å². The molecule has 0 aromatic heterocycles. The third-order valence-corrected chi connectivity index (χ3v) is 4.64. The molecule has 2 aromatic rings. The van der Waals surface area contributed by atoms with Crippen LogP contribution in [0, 0.1) is 6.92 Å². The lowest BCUT2D eigenvalue weighted by Gasteiger charge is -2.08. The Hall–Kier alpha value is -1.92. The van der Waals surface area contributed by atoms with Gasteiger partial charge in [0.2, 0.25) is 0 Å². The Labute approximate surface area is 147 Å². The van der Waals surface area contributed by atoms with Gasteiger partial charge in [-0.25, -0.2) is 4.99 Å². The molecule has 0 atom stereocenters. The van der Waals surface area contributed by atoms with Crippen molar-refractivity contribution in [2.24, 2.45) is 10.1 Å². The lowest BCUT2D eigenvalue weighted by molar-refractivity contribution is -0.124. The summed E-state index contributed by atoms with van der Waals surface area (Å²) in [5.74, 6) is 0.303. The molecular formula is C17H14BrN3OS. The van der Waals surface area contributed by atoms with Crippen LogP contribution in [0.3, 0.4) is 0 Å². The Morgan fingerprint density at radius 2 is 1.83 bits per heavy atom. The number of aliphatic imine (C=N–C) groups is 1. The minimum absolute atomic E-state index is 0.0609. The summed E-state index contributed by atoms with van der Waals surface area (Å²) in [5.41, 5.74) is 2.92. The van der Waals surface area contributed by atoms with E-state index in [1.54, 1.807) is 6.21 Å². The quantitative estimate of drug-likeness (QED) is 0.734. The maximum Gasteiger partial charge on any atom is 0.259 e. The predicted molar refractivity (Wildman–Crippen MR) is 99.3 cm³/mol. The Morgan fingerprint density at radius 3 is 2.52 bits per heavy atom. The summed E-state index contributed by atoms with van der Waals surface area (Å²) in [6.07, 6.45) is 1.67. The zero-order valence-electron chi connectivity index (χ0n) is 12.4. The van der Waals surface area contributed by atoms with Crippen LogP contribution in [0.5, 0.6) is 0 Å². The number of hydrogen-bond acceptors (Lipinski definition) is 4. The Kier molecular flexibility index (Phi) is 4.93. The molecule has 1 amide bonds. The number of amidine groups is 1. The lowest BCUT2D eigenvalue weighted by atomic mass is 10.2. The minimum atomic E-state index is -0.0609. The van der Waals surface area contributed by atoms with Crippen LogP contribution in [-0.4, -0.2) is 28.1 Å². The molecule has 0 saturated carbocycles. The minimum Gasteiger partial charge on any atom is -0.271 e. The van der Waals surface area contributed by atoms with Gasteiger partial charge in [-0.1, -0.05) is 57.5 Å². The fourth-order valence-electron chi connectivity index (χ4n) is 1.95. The molecule has 0 radical (unpaired) electrons. The summed E-state index contributed by atoms with van der Waals surface area (Å²) in [5, 5.41) is 6.26. The van der Waals surface area contributed by atoms with E-state index in [0.29, 0.717) is 10.9 Å². The van der Waals surface area contributed by atoms with Gasteiger partial charge in [-0.15, -0.1) is 0 Å². The number of aryl methyl sites for hydroxylation is 1. The number of carbonyl (C=O) groups excluding carboxylic acids is 1.